The molecule has 1 saturated heterocycles. The van der Waals surface area contributed by atoms with Crippen molar-refractivity contribution in [1.29, 1.82) is 0 Å². The molecule has 0 spiro atoms. The Morgan fingerprint density at radius 3 is 2.48 bits per heavy atom. The maximum absolute atomic E-state index is 15.3. The third-order valence-electron chi connectivity index (χ3n) is 6.16. The zero-order valence-corrected chi connectivity index (χ0v) is 22.8. The van der Waals surface area contributed by atoms with E-state index in [1.807, 2.05) is 0 Å². The predicted octanol–water partition coefficient (Wildman–Crippen LogP) is 3.90. The third kappa shape index (κ3) is 5.36. The van der Waals surface area contributed by atoms with Gasteiger partial charge in [-0.15, -0.1) is 0 Å². The summed E-state index contributed by atoms with van der Waals surface area (Å²) >= 11 is 3.23. The lowest BCUT2D eigenvalue weighted by Crippen LogP contribution is -2.54. The van der Waals surface area contributed by atoms with Crippen LogP contribution in [-0.4, -0.2) is 24.7 Å². The lowest BCUT2D eigenvalue weighted by molar-refractivity contribution is 0.000309. The molecule has 0 radical (unpaired) electrons. The van der Waals surface area contributed by atoms with Crippen molar-refractivity contribution in [2.45, 2.75) is 29.6 Å². The highest BCUT2D eigenvalue weighted by Gasteiger charge is 2.43. The van der Waals surface area contributed by atoms with E-state index in [-0.39, 0.29) is 33.3 Å². The number of hydrogen-bond acceptors (Lipinski definition) is 9. The maximum Gasteiger partial charge on any atom is 0.273 e. The van der Waals surface area contributed by atoms with Gasteiger partial charge in [0, 0.05) is 40.5 Å². The van der Waals surface area contributed by atoms with Crippen molar-refractivity contribution in [1.82, 2.24) is 31.3 Å². The van der Waals surface area contributed by atoms with E-state index in [1.165, 1.54) is 6.07 Å². The van der Waals surface area contributed by atoms with E-state index in [0.717, 1.165) is 23.6 Å². The van der Waals surface area contributed by atoms with Gasteiger partial charge in [-0.1, -0.05) is 51.5 Å². The first-order valence-electron chi connectivity index (χ1n) is 12.0. The van der Waals surface area contributed by atoms with Gasteiger partial charge in [0.05, 0.1) is 16.6 Å². The van der Waals surface area contributed by atoms with Crippen LogP contribution in [0.4, 0.5) is 18.9 Å². The molecule has 1 atom stereocenters. The number of rotatable bonds is 8. The highest BCUT2D eigenvalue weighted by atomic mass is 79.9. The van der Waals surface area contributed by atoms with Crippen molar-refractivity contribution in [3.05, 3.63) is 94.3 Å². The zero-order chi connectivity index (χ0) is 28.1. The van der Waals surface area contributed by atoms with E-state index in [2.05, 4.69) is 47.4 Å². The first-order valence-corrected chi connectivity index (χ1v) is 14.3. The quantitative estimate of drug-likeness (QED) is 0.196. The number of nitrogens with one attached hydrogen (secondary N) is 5. The Hall–Kier alpha value is -3.31. The zero-order valence-electron chi connectivity index (χ0n) is 20.4. The van der Waals surface area contributed by atoms with Crippen molar-refractivity contribution in [3.63, 3.8) is 0 Å². The van der Waals surface area contributed by atoms with Gasteiger partial charge < -0.3 is 4.74 Å². The van der Waals surface area contributed by atoms with Gasteiger partial charge in [-0.05, 0) is 25.0 Å². The molecule has 15 heteroatoms. The number of benzene rings is 3. The van der Waals surface area contributed by atoms with E-state index in [4.69, 9.17) is 4.74 Å². The Labute approximate surface area is 235 Å². The van der Waals surface area contributed by atoms with Gasteiger partial charge >= 0.3 is 0 Å². The summed E-state index contributed by atoms with van der Waals surface area (Å²) in [4.78, 5) is 3.89. The highest BCUT2D eigenvalue weighted by Crippen LogP contribution is 2.35. The van der Waals surface area contributed by atoms with Crippen LogP contribution in [0.25, 0.3) is 10.9 Å². The number of nitrogens with zero attached hydrogens (tertiary/aromatic N) is 2. The van der Waals surface area contributed by atoms with Crippen LogP contribution >= 0.6 is 15.9 Å². The molecule has 1 aliphatic heterocycles. The highest BCUT2D eigenvalue weighted by molar-refractivity contribution is 9.10. The number of anilines is 1. The minimum absolute atomic E-state index is 0.0872. The van der Waals surface area contributed by atoms with Gasteiger partial charge in [0.1, 0.15) is 28.1 Å². The molecule has 5 N–H and O–H groups in total. The second-order valence-electron chi connectivity index (χ2n) is 9.22. The van der Waals surface area contributed by atoms with Crippen LogP contribution in [0.3, 0.4) is 0 Å². The number of sulfonamides is 1. The molecule has 2 aliphatic rings. The molecule has 1 unspecified atom stereocenters. The summed E-state index contributed by atoms with van der Waals surface area (Å²) in [7, 11) is -4.10. The summed E-state index contributed by atoms with van der Waals surface area (Å²) in [6.45, 7) is 0. The molecule has 4 aromatic rings. The number of pyridine rings is 1. The van der Waals surface area contributed by atoms with E-state index in [1.54, 1.807) is 36.4 Å². The number of aromatic nitrogens is 1. The number of hydrogen-bond donors (Lipinski definition) is 5. The van der Waals surface area contributed by atoms with Crippen molar-refractivity contribution in [2.24, 2.45) is 0 Å². The summed E-state index contributed by atoms with van der Waals surface area (Å²) in [5, 5.41) is 1.02. The fourth-order valence-electron chi connectivity index (χ4n) is 4.22. The lowest BCUT2D eigenvalue weighted by atomic mass is 10.1. The summed E-state index contributed by atoms with van der Waals surface area (Å²) in [6.07, 6.45) is 2.53. The molecule has 1 aliphatic carbocycles. The van der Waals surface area contributed by atoms with Crippen LogP contribution in [0.2, 0.25) is 0 Å². The first kappa shape index (κ1) is 26.9. The van der Waals surface area contributed by atoms with Crippen molar-refractivity contribution in [3.8, 4) is 5.75 Å². The molecule has 10 nitrogen and oxygen atoms in total. The number of fused-ring (bicyclic) bond motifs is 1. The van der Waals surface area contributed by atoms with Gasteiger partial charge in [0.25, 0.3) is 5.85 Å². The number of ether oxygens (including phenoxy) is 1. The largest absolute Gasteiger partial charge is 0.452 e. The third-order valence-corrected chi connectivity index (χ3v) is 8.15. The summed E-state index contributed by atoms with van der Waals surface area (Å²) in [5.74, 6) is -4.21. The first-order chi connectivity index (χ1) is 19.1. The Morgan fingerprint density at radius 2 is 1.77 bits per heavy atom. The molecular formula is C25H21BrF3N7O3S. The van der Waals surface area contributed by atoms with Crippen LogP contribution in [0.5, 0.6) is 5.75 Å². The van der Waals surface area contributed by atoms with E-state index >= 15 is 4.39 Å². The van der Waals surface area contributed by atoms with E-state index < -0.39 is 33.3 Å². The van der Waals surface area contributed by atoms with Gasteiger partial charge in [-0.3, -0.25) is 10.4 Å². The van der Waals surface area contributed by atoms with Crippen molar-refractivity contribution < 1.29 is 26.3 Å². The monoisotopic (exact) mass is 635 g/mol. The predicted molar refractivity (Wildman–Crippen MR) is 143 cm³/mol. The molecule has 2 heterocycles. The lowest BCUT2D eigenvalue weighted by Gasteiger charge is -2.30. The van der Waals surface area contributed by atoms with Gasteiger partial charge in [-0.25, -0.2) is 26.3 Å². The Balaban J connectivity index is 1.40. The normalized spacial score (nSPS) is 19.7. The molecule has 3 aromatic carbocycles. The minimum atomic E-state index is -4.10. The smallest absolute Gasteiger partial charge is 0.273 e. The standard InChI is InChI=1S/C25H21BrF3N7O3S/c26-15-8-20(29)23-21(9-15)30-13-22(40(37,38)32-18-6-7-18)24(23)31-36-34-25(33-35-36,14-4-2-1-3-5-14)39-19-11-16(27)10-17(28)12-19/h1-5,8-13,18,32-35H,6-7H2,(H,30,31). The van der Waals surface area contributed by atoms with E-state index in [9.17, 15) is 17.2 Å². The summed E-state index contributed by atoms with van der Waals surface area (Å²) < 4.78 is 78.7. The van der Waals surface area contributed by atoms with Crippen LogP contribution in [0.1, 0.15) is 18.4 Å². The molecule has 6 rings (SSSR count). The molecule has 0 bridgehead atoms. The van der Waals surface area contributed by atoms with Crippen LogP contribution in [0, 0.1) is 17.5 Å². The Kier molecular flexibility index (Phi) is 6.90. The fourth-order valence-corrected chi connectivity index (χ4v) is 6.05. The topological polar surface area (TPSA) is 120 Å². The number of halogens is 4. The average Bonchev–Trinajstić information content (AvgIpc) is 3.60. The minimum Gasteiger partial charge on any atom is -0.452 e. The molecule has 1 saturated carbocycles. The van der Waals surface area contributed by atoms with Crippen molar-refractivity contribution in [2.75, 3.05) is 5.43 Å². The Morgan fingerprint density at radius 1 is 1.05 bits per heavy atom. The maximum atomic E-state index is 15.3. The van der Waals surface area contributed by atoms with Gasteiger partial charge in [-0.2, -0.15) is 16.4 Å². The van der Waals surface area contributed by atoms with Crippen molar-refractivity contribution >= 4 is 42.5 Å². The number of hydrazine groups is 4. The van der Waals surface area contributed by atoms with Gasteiger partial charge in [0.15, 0.2) is 0 Å². The molecule has 2 fully saturated rings. The molecule has 1 aromatic heterocycles. The summed E-state index contributed by atoms with van der Waals surface area (Å²) in [6, 6.07) is 13.9. The Bertz CT molecular complexity index is 1690. The SMILES string of the molecule is O=S(=O)(NC1CC1)c1cnc2cc(Br)cc(F)c2c1NN1NNC(Oc2cc(F)cc(F)c2)(c2ccccc2)N1. The average molecular weight is 636 g/mol. The fraction of sp³-hybridized carbons (Fsp3) is 0.160. The molecular weight excluding hydrogens is 615 g/mol. The molecule has 0 amide bonds. The molecule has 40 heavy (non-hydrogen) atoms. The van der Waals surface area contributed by atoms with Crippen LogP contribution < -0.4 is 31.3 Å². The van der Waals surface area contributed by atoms with E-state index in [0.29, 0.717) is 28.9 Å². The van der Waals surface area contributed by atoms with Crippen LogP contribution in [-0.2, 0) is 15.9 Å². The van der Waals surface area contributed by atoms with Gasteiger partial charge in [0.2, 0.25) is 10.0 Å². The second-order valence-corrected chi connectivity index (χ2v) is 11.8. The molecule has 208 valence electrons. The summed E-state index contributed by atoms with van der Waals surface area (Å²) in [5.41, 5.74) is 12.0. The second kappa shape index (κ2) is 10.3. The van der Waals surface area contributed by atoms with Crippen LogP contribution in [0.15, 0.2) is 76.2 Å².